The molecule has 1 rings (SSSR count). The summed E-state index contributed by atoms with van der Waals surface area (Å²) >= 11 is 0. The fourth-order valence-electron chi connectivity index (χ4n) is 1.14. The van der Waals surface area contributed by atoms with Crippen molar-refractivity contribution in [2.75, 3.05) is 34.2 Å². The van der Waals surface area contributed by atoms with Crippen LogP contribution < -0.4 is 0 Å². The molecule has 0 bridgehead atoms. The molecule has 1 aromatic rings. The van der Waals surface area contributed by atoms with Crippen molar-refractivity contribution in [2.45, 2.75) is 0 Å². The molecule has 4 heteroatoms. The van der Waals surface area contributed by atoms with E-state index in [1.54, 1.807) is 30.3 Å². The number of amides is 1. The van der Waals surface area contributed by atoms with Gasteiger partial charge in [0.25, 0.3) is 5.91 Å². The lowest BCUT2D eigenvalue weighted by Crippen LogP contribution is -2.33. The van der Waals surface area contributed by atoms with Crippen LogP contribution in [0.2, 0.25) is 0 Å². The zero-order valence-electron chi connectivity index (χ0n) is 9.47. The van der Waals surface area contributed by atoms with Gasteiger partial charge >= 0.3 is 0 Å². The summed E-state index contributed by atoms with van der Waals surface area (Å²) in [6.07, 6.45) is 1.63. The summed E-state index contributed by atoms with van der Waals surface area (Å²) in [5.41, 5.74) is 0.499. The standard InChI is InChI=1S/C11H17N3O/c1-13(2)8-9-14(3)11(15)10-6-4-5-7-12-10/h4-7H,8-9H2,1-3H3. The van der Waals surface area contributed by atoms with Gasteiger partial charge in [-0.2, -0.15) is 0 Å². The highest BCUT2D eigenvalue weighted by Gasteiger charge is 2.11. The van der Waals surface area contributed by atoms with Crippen molar-refractivity contribution in [1.29, 1.82) is 0 Å². The van der Waals surface area contributed by atoms with E-state index in [1.807, 2.05) is 25.1 Å². The molecule has 1 aromatic heterocycles. The summed E-state index contributed by atoms with van der Waals surface area (Å²) < 4.78 is 0. The molecule has 4 nitrogen and oxygen atoms in total. The van der Waals surface area contributed by atoms with Crippen LogP contribution in [0, 0.1) is 0 Å². The number of hydrogen-bond acceptors (Lipinski definition) is 3. The fourth-order valence-corrected chi connectivity index (χ4v) is 1.14. The first-order valence-corrected chi connectivity index (χ1v) is 4.92. The van der Waals surface area contributed by atoms with Gasteiger partial charge in [0.15, 0.2) is 0 Å². The lowest BCUT2D eigenvalue weighted by atomic mass is 10.3. The van der Waals surface area contributed by atoms with E-state index in [1.165, 1.54) is 0 Å². The molecule has 1 amide bonds. The summed E-state index contributed by atoms with van der Waals surface area (Å²) in [5.74, 6) is -0.0301. The van der Waals surface area contributed by atoms with Gasteiger partial charge in [-0.1, -0.05) is 6.07 Å². The second kappa shape index (κ2) is 5.46. The first-order chi connectivity index (χ1) is 7.11. The van der Waals surface area contributed by atoms with Crippen LogP contribution >= 0.6 is 0 Å². The molecule has 0 unspecified atom stereocenters. The topological polar surface area (TPSA) is 36.4 Å². The van der Waals surface area contributed by atoms with E-state index in [0.29, 0.717) is 12.2 Å². The Morgan fingerprint density at radius 1 is 1.27 bits per heavy atom. The number of carbonyl (C=O) groups excluding carboxylic acids is 1. The fraction of sp³-hybridized carbons (Fsp3) is 0.455. The Kier molecular flexibility index (Phi) is 4.24. The number of carbonyl (C=O) groups is 1. The van der Waals surface area contributed by atoms with Gasteiger partial charge in [0.1, 0.15) is 5.69 Å². The molecule has 15 heavy (non-hydrogen) atoms. The second-order valence-electron chi connectivity index (χ2n) is 3.74. The highest BCUT2D eigenvalue weighted by molar-refractivity contribution is 5.91. The van der Waals surface area contributed by atoms with Crippen LogP contribution in [0.1, 0.15) is 10.5 Å². The molecule has 0 saturated carbocycles. The third-order valence-electron chi connectivity index (χ3n) is 2.11. The lowest BCUT2D eigenvalue weighted by molar-refractivity contribution is 0.0780. The van der Waals surface area contributed by atoms with E-state index in [-0.39, 0.29) is 5.91 Å². The summed E-state index contributed by atoms with van der Waals surface area (Å²) in [6, 6.07) is 5.35. The van der Waals surface area contributed by atoms with E-state index in [9.17, 15) is 4.79 Å². The Balaban J connectivity index is 2.54. The zero-order chi connectivity index (χ0) is 11.3. The predicted octanol–water partition coefficient (Wildman–Crippen LogP) is 0.715. The zero-order valence-corrected chi connectivity index (χ0v) is 9.47. The minimum atomic E-state index is -0.0301. The number of rotatable bonds is 4. The lowest BCUT2D eigenvalue weighted by Gasteiger charge is -2.19. The molecule has 0 fully saturated rings. The van der Waals surface area contributed by atoms with Gasteiger partial charge in [-0.05, 0) is 26.2 Å². The van der Waals surface area contributed by atoms with Gasteiger partial charge in [-0.25, -0.2) is 0 Å². The normalized spacial score (nSPS) is 10.4. The quantitative estimate of drug-likeness (QED) is 0.729. The maximum absolute atomic E-state index is 11.8. The molecule has 0 aromatic carbocycles. The number of nitrogens with zero attached hydrogens (tertiary/aromatic N) is 3. The Morgan fingerprint density at radius 3 is 2.53 bits per heavy atom. The van der Waals surface area contributed by atoms with Crippen molar-refractivity contribution in [2.24, 2.45) is 0 Å². The summed E-state index contributed by atoms with van der Waals surface area (Å²) in [7, 11) is 5.76. The molecule has 0 saturated heterocycles. The van der Waals surface area contributed by atoms with E-state index >= 15 is 0 Å². The second-order valence-corrected chi connectivity index (χ2v) is 3.74. The number of pyridine rings is 1. The first kappa shape index (κ1) is 11.7. The van der Waals surface area contributed by atoms with Crippen LogP contribution in [0.3, 0.4) is 0 Å². The summed E-state index contributed by atoms with van der Waals surface area (Å²) in [4.78, 5) is 19.6. The maximum atomic E-state index is 11.8. The Hall–Kier alpha value is -1.42. The van der Waals surface area contributed by atoms with Crippen molar-refractivity contribution in [1.82, 2.24) is 14.8 Å². The van der Waals surface area contributed by atoms with Crippen molar-refractivity contribution in [3.63, 3.8) is 0 Å². The molecular weight excluding hydrogens is 190 g/mol. The smallest absolute Gasteiger partial charge is 0.272 e. The SMILES string of the molecule is CN(C)CCN(C)C(=O)c1ccccn1. The molecule has 0 radical (unpaired) electrons. The van der Waals surface area contributed by atoms with Gasteiger partial charge < -0.3 is 9.80 Å². The van der Waals surface area contributed by atoms with Crippen LogP contribution in [-0.4, -0.2) is 54.9 Å². The van der Waals surface area contributed by atoms with Crippen LogP contribution in [0.5, 0.6) is 0 Å². The van der Waals surface area contributed by atoms with Crippen LogP contribution in [0.4, 0.5) is 0 Å². The van der Waals surface area contributed by atoms with Gasteiger partial charge in [-0.15, -0.1) is 0 Å². The van der Waals surface area contributed by atoms with Gasteiger partial charge in [0.2, 0.25) is 0 Å². The van der Waals surface area contributed by atoms with E-state index < -0.39 is 0 Å². The van der Waals surface area contributed by atoms with E-state index in [0.717, 1.165) is 6.54 Å². The number of aromatic nitrogens is 1. The number of likely N-dealkylation sites (N-methyl/N-ethyl adjacent to an activating group) is 2. The Morgan fingerprint density at radius 2 is 2.00 bits per heavy atom. The van der Waals surface area contributed by atoms with Crippen molar-refractivity contribution in [3.8, 4) is 0 Å². The summed E-state index contributed by atoms with van der Waals surface area (Å²) in [6.45, 7) is 1.57. The maximum Gasteiger partial charge on any atom is 0.272 e. The predicted molar refractivity (Wildman–Crippen MR) is 59.8 cm³/mol. The third-order valence-corrected chi connectivity index (χ3v) is 2.11. The Labute approximate surface area is 90.5 Å². The molecule has 82 valence electrons. The van der Waals surface area contributed by atoms with E-state index in [4.69, 9.17) is 0 Å². The van der Waals surface area contributed by atoms with Crippen LogP contribution in [0.25, 0.3) is 0 Å². The third kappa shape index (κ3) is 3.67. The molecule has 1 heterocycles. The van der Waals surface area contributed by atoms with Gasteiger partial charge in [0, 0.05) is 26.3 Å². The van der Waals surface area contributed by atoms with Crippen molar-refractivity contribution >= 4 is 5.91 Å². The minimum absolute atomic E-state index is 0.0301. The highest BCUT2D eigenvalue weighted by atomic mass is 16.2. The Bertz CT molecular complexity index is 311. The van der Waals surface area contributed by atoms with Crippen LogP contribution in [0.15, 0.2) is 24.4 Å². The molecule has 0 N–H and O–H groups in total. The first-order valence-electron chi connectivity index (χ1n) is 4.92. The minimum Gasteiger partial charge on any atom is -0.339 e. The van der Waals surface area contributed by atoms with Crippen molar-refractivity contribution < 1.29 is 4.79 Å². The van der Waals surface area contributed by atoms with Crippen molar-refractivity contribution in [3.05, 3.63) is 30.1 Å². The van der Waals surface area contributed by atoms with Gasteiger partial charge in [-0.3, -0.25) is 9.78 Å². The largest absolute Gasteiger partial charge is 0.339 e. The molecule has 0 aliphatic rings. The van der Waals surface area contributed by atoms with Crippen LogP contribution in [-0.2, 0) is 0 Å². The van der Waals surface area contributed by atoms with E-state index in [2.05, 4.69) is 4.98 Å². The summed E-state index contributed by atoms with van der Waals surface area (Å²) in [5, 5.41) is 0. The molecule has 0 spiro atoms. The van der Waals surface area contributed by atoms with Gasteiger partial charge in [0.05, 0.1) is 0 Å². The average molecular weight is 207 g/mol. The number of hydrogen-bond donors (Lipinski definition) is 0. The highest BCUT2D eigenvalue weighted by Crippen LogP contribution is 1.98. The molecule has 0 aliphatic carbocycles. The molecule has 0 atom stereocenters. The molecular formula is C11H17N3O. The average Bonchev–Trinajstić information content (AvgIpc) is 2.26. The monoisotopic (exact) mass is 207 g/mol. The molecule has 0 aliphatic heterocycles.